The Morgan fingerprint density at radius 1 is 1.17 bits per heavy atom. The number of aliphatic hydroxyl groups excluding tert-OH is 1. The van der Waals surface area contributed by atoms with Gasteiger partial charge in [-0.3, -0.25) is 5.43 Å². The van der Waals surface area contributed by atoms with Gasteiger partial charge in [-0.25, -0.2) is 10.2 Å². The van der Waals surface area contributed by atoms with Crippen LogP contribution in [0.25, 0.3) is 0 Å². The molecule has 18 heavy (non-hydrogen) atoms. The molecule has 0 unspecified atom stereocenters. The van der Waals surface area contributed by atoms with Crippen LogP contribution in [0.2, 0.25) is 0 Å². The van der Waals surface area contributed by atoms with E-state index in [1.165, 1.54) is 0 Å². The van der Waals surface area contributed by atoms with Gasteiger partial charge in [0.05, 0.1) is 6.10 Å². The lowest BCUT2D eigenvalue weighted by atomic mass is 9.94. The van der Waals surface area contributed by atoms with Gasteiger partial charge < -0.3 is 9.84 Å². The molecule has 0 saturated heterocycles. The molecule has 108 valence electrons. The van der Waals surface area contributed by atoms with E-state index in [0.717, 1.165) is 25.7 Å². The average molecular weight is 260 g/mol. The van der Waals surface area contributed by atoms with Crippen LogP contribution >= 0.6 is 0 Å². The van der Waals surface area contributed by atoms with E-state index >= 15 is 0 Å². The van der Waals surface area contributed by atoms with Gasteiger partial charge in [0.25, 0.3) is 0 Å². The fraction of sp³-hybridized carbons (Fsp3) is 0.923. The quantitative estimate of drug-likeness (QED) is 0.666. The number of ether oxygens (including phenoxy) is 1. The van der Waals surface area contributed by atoms with Crippen LogP contribution in [-0.4, -0.2) is 28.9 Å². The summed E-state index contributed by atoms with van der Waals surface area (Å²) in [6.45, 7) is 9.47. The number of hydrazine groups is 1. The molecule has 1 rings (SSSR count). The van der Waals surface area contributed by atoms with E-state index in [1.807, 2.05) is 34.6 Å². The van der Waals surface area contributed by atoms with Crippen LogP contribution in [0.5, 0.6) is 0 Å². The van der Waals surface area contributed by atoms with Crippen molar-refractivity contribution in [3.63, 3.8) is 0 Å². The summed E-state index contributed by atoms with van der Waals surface area (Å²) >= 11 is 0. The van der Waals surface area contributed by atoms with E-state index < -0.39 is 11.7 Å². The molecule has 0 aliphatic heterocycles. The summed E-state index contributed by atoms with van der Waals surface area (Å²) in [5.74, 6) is 0. The molecule has 0 aromatic heterocycles. The predicted molar refractivity (Wildman–Crippen MR) is 72.1 cm³/mol. The van der Waals surface area contributed by atoms with Crippen molar-refractivity contribution < 1.29 is 14.6 Å². The van der Waals surface area contributed by atoms with Crippen molar-refractivity contribution in [3.8, 4) is 0 Å². The summed E-state index contributed by atoms with van der Waals surface area (Å²) in [6, 6.07) is 0.232. The second-order valence-electron chi connectivity index (χ2n) is 5.28. The van der Waals surface area contributed by atoms with E-state index in [2.05, 4.69) is 10.9 Å². The molecule has 1 aliphatic rings. The third-order valence-corrected chi connectivity index (χ3v) is 2.47. The Hall–Kier alpha value is -0.810. The molecule has 3 N–H and O–H groups in total. The molecule has 1 aliphatic carbocycles. The number of hydrogen-bond acceptors (Lipinski definition) is 4. The first-order valence-corrected chi connectivity index (χ1v) is 6.79. The molecule has 0 radical (unpaired) electrons. The van der Waals surface area contributed by atoms with Crippen molar-refractivity contribution in [1.29, 1.82) is 0 Å². The summed E-state index contributed by atoms with van der Waals surface area (Å²) in [5.41, 5.74) is 4.98. The van der Waals surface area contributed by atoms with Gasteiger partial charge in [-0.15, -0.1) is 0 Å². The highest BCUT2D eigenvalue weighted by Crippen LogP contribution is 2.17. The molecular weight excluding hydrogens is 232 g/mol. The largest absolute Gasteiger partial charge is 0.443 e. The SMILES string of the molecule is CC.CC(C)(C)OC(=O)NNC1CCC(O)CC1. The van der Waals surface area contributed by atoms with E-state index in [-0.39, 0.29) is 12.1 Å². The maximum Gasteiger partial charge on any atom is 0.422 e. The van der Waals surface area contributed by atoms with Gasteiger partial charge in [0, 0.05) is 6.04 Å². The molecule has 0 aromatic rings. The number of carbonyl (C=O) groups is 1. The fourth-order valence-corrected chi connectivity index (χ4v) is 1.68. The van der Waals surface area contributed by atoms with E-state index in [1.54, 1.807) is 0 Å². The normalized spacial score (nSPS) is 23.7. The van der Waals surface area contributed by atoms with E-state index in [4.69, 9.17) is 4.74 Å². The van der Waals surface area contributed by atoms with E-state index in [9.17, 15) is 9.90 Å². The van der Waals surface area contributed by atoms with Crippen molar-refractivity contribution in [2.45, 2.75) is 78.0 Å². The summed E-state index contributed by atoms with van der Waals surface area (Å²) in [4.78, 5) is 11.3. The Kier molecular flexibility index (Phi) is 7.95. The first kappa shape index (κ1) is 17.2. The highest BCUT2D eigenvalue weighted by Gasteiger charge is 2.21. The van der Waals surface area contributed by atoms with Crippen molar-refractivity contribution in [1.82, 2.24) is 10.9 Å². The fourth-order valence-electron chi connectivity index (χ4n) is 1.68. The highest BCUT2D eigenvalue weighted by atomic mass is 16.6. The molecule has 1 saturated carbocycles. The van der Waals surface area contributed by atoms with Gasteiger partial charge in [0.15, 0.2) is 0 Å². The van der Waals surface area contributed by atoms with E-state index in [0.29, 0.717) is 0 Å². The minimum atomic E-state index is -0.478. The molecule has 0 aromatic carbocycles. The summed E-state index contributed by atoms with van der Waals surface area (Å²) < 4.78 is 5.09. The van der Waals surface area contributed by atoms with Gasteiger partial charge in [-0.1, -0.05) is 13.8 Å². The van der Waals surface area contributed by atoms with Gasteiger partial charge in [0.1, 0.15) is 5.60 Å². The lowest BCUT2D eigenvalue weighted by Crippen LogP contribution is -2.47. The first-order chi connectivity index (χ1) is 8.37. The van der Waals surface area contributed by atoms with Gasteiger partial charge >= 0.3 is 6.09 Å². The summed E-state index contributed by atoms with van der Waals surface area (Å²) in [6.07, 6.45) is 2.67. The monoisotopic (exact) mass is 260 g/mol. The summed E-state index contributed by atoms with van der Waals surface area (Å²) in [7, 11) is 0. The standard InChI is InChI=1S/C11H22N2O3.C2H6/c1-11(2,3)16-10(15)13-12-8-4-6-9(14)7-5-8;1-2/h8-9,12,14H,4-7H2,1-3H3,(H,13,15);1-2H3. The molecule has 0 atom stereocenters. The Balaban J connectivity index is 0.00000137. The average Bonchev–Trinajstić information content (AvgIpc) is 2.29. The van der Waals surface area contributed by atoms with Crippen LogP contribution in [-0.2, 0) is 4.74 Å². The molecule has 0 spiro atoms. The van der Waals surface area contributed by atoms with Crippen LogP contribution in [0.15, 0.2) is 0 Å². The second kappa shape index (κ2) is 8.32. The molecule has 5 nitrogen and oxygen atoms in total. The minimum Gasteiger partial charge on any atom is -0.443 e. The number of amides is 1. The minimum absolute atomic E-state index is 0.181. The smallest absolute Gasteiger partial charge is 0.422 e. The first-order valence-electron chi connectivity index (χ1n) is 6.79. The third-order valence-electron chi connectivity index (χ3n) is 2.47. The van der Waals surface area contributed by atoms with Crippen molar-refractivity contribution in [2.24, 2.45) is 0 Å². The molecule has 1 amide bonds. The van der Waals surface area contributed by atoms with Gasteiger partial charge in [0.2, 0.25) is 0 Å². The highest BCUT2D eigenvalue weighted by molar-refractivity contribution is 5.67. The molecule has 0 heterocycles. The number of nitrogens with one attached hydrogen (secondary N) is 2. The molecule has 5 heteroatoms. The maximum atomic E-state index is 11.3. The lowest BCUT2D eigenvalue weighted by Gasteiger charge is -2.27. The molecule has 0 bridgehead atoms. The Bertz CT molecular complexity index is 231. The molecule has 1 fully saturated rings. The number of rotatable bonds is 2. The zero-order valence-electron chi connectivity index (χ0n) is 12.2. The zero-order valence-corrected chi connectivity index (χ0v) is 12.2. The Labute approximate surface area is 110 Å². The van der Waals surface area contributed by atoms with Crippen molar-refractivity contribution in [3.05, 3.63) is 0 Å². The van der Waals surface area contributed by atoms with Crippen LogP contribution in [0.3, 0.4) is 0 Å². The van der Waals surface area contributed by atoms with Crippen LogP contribution in [0.1, 0.15) is 60.3 Å². The van der Waals surface area contributed by atoms with Crippen molar-refractivity contribution >= 4 is 6.09 Å². The van der Waals surface area contributed by atoms with Gasteiger partial charge in [-0.2, -0.15) is 0 Å². The van der Waals surface area contributed by atoms with Crippen molar-refractivity contribution in [2.75, 3.05) is 0 Å². The van der Waals surface area contributed by atoms with Gasteiger partial charge in [-0.05, 0) is 46.5 Å². The molecular formula is C13H28N2O3. The Morgan fingerprint density at radius 2 is 1.67 bits per heavy atom. The third kappa shape index (κ3) is 8.31. The number of aliphatic hydroxyl groups is 1. The topological polar surface area (TPSA) is 70.6 Å². The number of carbonyl (C=O) groups excluding carboxylic acids is 1. The van der Waals surface area contributed by atoms with Crippen LogP contribution < -0.4 is 10.9 Å². The summed E-state index contributed by atoms with van der Waals surface area (Å²) in [5, 5.41) is 9.32. The second-order valence-corrected chi connectivity index (χ2v) is 5.28. The number of hydrogen-bond donors (Lipinski definition) is 3. The predicted octanol–water partition coefficient (Wildman–Crippen LogP) is 2.35. The maximum absolute atomic E-state index is 11.3. The lowest BCUT2D eigenvalue weighted by molar-refractivity contribution is 0.0469. The Morgan fingerprint density at radius 3 is 2.11 bits per heavy atom. The van der Waals surface area contributed by atoms with Crippen LogP contribution in [0, 0.1) is 0 Å². The van der Waals surface area contributed by atoms with Crippen LogP contribution in [0.4, 0.5) is 4.79 Å². The zero-order chi connectivity index (χ0) is 14.2.